The summed E-state index contributed by atoms with van der Waals surface area (Å²) < 4.78 is 30.1. The maximum absolute atomic E-state index is 12.2. The van der Waals surface area contributed by atoms with E-state index >= 15 is 0 Å². The third-order valence-corrected chi connectivity index (χ3v) is 3.64. The third kappa shape index (κ3) is 11.2. The van der Waals surface area contributed by atoms with Crippen LogP contribution in [-0.4, -0.2) is 55.2 Å². The van der Waals surface area contributed by atoms with Crippen molar-refractivity contribution in [2.24, 2.45) is 5.73 Å². The van der Waals surface area contributed by atoms with Gasteiger partial charge in [-0.15, -0.1) is 0 Å². The van der Waals surface area contributed by atoms with Gasteiger partial charge < -0.3 is 34.2 Å². The molecule has 0 amide bonds. The Bertz CT molecular complexity index is 836. The van der Waals surface area contributed by atoms with Crippen LogP contribution in [0.4, 0.5) is 9.59 Å². The molecule has 11 heteroatoms. The first kappa shape index (κ1) is 27.7. The standard InChI is InChI=1S/C22H31NO10/c1-12(2)29-21(26)32-18-8-7-16(10-19(18)33-22(27)30-13(3)4)9-17(23)20(25)28-11-14(5)31-15(6)24/h7-8,10,12-14,17H,9,11,23H2,1-6H3/t14-,17-/m0/s1. The van der Waals surface area contributed by atoms with E-state index in [-0.39, 0.29) is 24.5 Å². The average molecular weight is 469 g/mol. The van der Waals surface area contributed by atoms with Gasteiger partial charge in [-0.2, -0.15) is 0 Å². The van der Waals surface area contributed by atoms with Gasteiger partial charge in [0.2, 0.25) is 0 Å². The van der Waals surface area contributed by atoms with E-state index in [1.807, 2.05) is 0 Å². The van der Waals surface area contributed by atoms with E-state index in [4.69, 9.17) is 34.2 Å². The number of carbonyl (C=O) groups excluding carboxylic acids is 4. The van der Waals surface area contributed by atoms with Gasteiger partial charge >= 0.3 is 24.2 Å². The molecule has 1 rings (SSSR count). The van der Waals surface area contributed by atoms with Crippen molar-refractivity contribution < 1.29 is 47.6 Å². The van der Waals surface area contributed by atoms with Crippen LogP contribution < -0.4 is 15.2 Å². The van der Waals surface area contributed by atoms with Gasteiger partial charge in [0.1, 0.15) is 18.8 Å². The van der Waals surface area contributed by atoms with Gasteiger partial charge in [-0.1, -0.05) is 6.07 Å². The van der Waals surface area contributed by atoms with Crippen molar-refractivity contribution in [1.29, 1.82) is 0 Å². The number of hydrogen-bond acceptors (Lipinski definition) is 11. The number of ether oxygens (including phenoxy) is 6. The van der Waals surface area contributed by atoms with Crippen LogP contribution in [0.25, 0.3) is 0 Å². The van der Waals surface area contributed by atoms with E-state index in [0.717, 1.165) is 0 Å². The summed E-state index contributed by atoms with van der Waals surface area (Å²) in [7, 11) is 0. The SMILES string of the molecule is CC(=O)O[C@@H](C)COC(=O)[C@@H](N)Cc1ccc(OC(=O)OC(C)C)c(OC(=O)OC(C)C)c1. The van der Waals surface area contributed by atoms with Crippen LogP contribution in [0.5, 0.6) is 11.5 Å². The Morgan fingerprint density at radius 1 is 0.848 bits per heavy atom. The normalized spacial score (nSPS) is 12.5. The number of nitrogens with two attached hydrogens (primary N) is 1. The summed E-state index contributed by atoms with van der Waals surface area (Å²) >= 11 is 0. The van der Waals surface area contributed by atoms with Crippen LogP contribution in [0, 0.1) is 0 Å². The molecule has 184 valence electrons. The molecule has 0 aliphatic rings. The van der Waals surface area contributed by atoms with Crippen LogP contribution >= 0.6 is 0 Å². The highest BCUT2D eigenvalue weighted by atomic mass is 16.7. The molecular formula is C22H31NO10. The zero-order valence-electron chi connectivity index (χ0n) is 19.6. The second-order valence-electron chi connectivity index (χ2n) is 7.68. The summed E-state index contributed by atoms with van der Waals surface area (Å²) in [4.78, 5) is 46.9. The predicted molar refractivity (Wildman–Crippen MR) is 115 cm³/mol. The van der Waals surface area contributed by atoms with Crippen LogP contribution in [0.2, 0.25) is 0 Å². The predicted octanol–water partition coefficient (Wildman–Crippen LogP) is 2.90. The molecule has 0 aromatic heterocycles. The van der Waals surface area contributed by atoms with E-state index < -0.39 is 48.6 Å². The van der Waals surface area contributed by atoms with Gasteiger partial charge in [0, 0.05) is 6.92 Å². The van der Waals surface area contributed by atoms with Crippen LogP contribution in [0.3, 0.4) is 0 Å². The van der Waals surface area contributed by atoms with Crippen molar-refractivity contribution in [3.8, 4) is 11.5 Å². The fourth-order valence-electron chi connectivity index (χ4n) is 2.42. The number of hydrogen-bond donors (Lipinski definition) is 1. The van der Waals surface area contributed by atoms with E-state index in [1.165, 1.54) is 25.1 Å². The Hall–Kier alpha value is -3.34. The fourth-order valence-corrected chi connectivity index (χ4v) is 2.42. The minimum Gasteiger partial charge on any atom is -0.461 e. The van der Waals surface area contributed by atoms with Crippen molar-refractivity contribution >= 4 is 24.2 Å². The third-order valence-electron chi connectivity index (χ3n) is 3.64. The molecule has 0 saturated heterocycles. The highest BCUT2D eigenvalue weighted by Gasteiger charge is 2.21. The topological polar surface area (TPSA) is 150 Å². The average Bonchev–Trinajstić information content (AvgIpc) is 2.66. The van der Waals surface area contributed by atoms with Crippen molar-refractivity contribution in [3.63, 3.8) is 0 Å². The van der Waals surface area contributed by atoms with Crippen molar-refractivity contribution in [3.05, 3.63) is 23.8 Å². The molecule has 11 nitrogen and oxygen atoms in total. The highest BCUT2D eigenvalue weighted by Crippen LogP contribution is 2.30. The molecule has 2 atom stereocenters. The summed E-state index contributed by atoms with van der Waals surface area (Å²) in [5.41, 5.74) is 6.40. The van der Waals surface area contributed by atoms with E-state index in [9.17, 15) is 19.2 Å². The summed E-state index contributed by atoms with van der Waals surface area (Å²) in [6, 6.07) is 3.24. The second-order valence-corrected chi connectivity index (χ2v) is 7.68. The van der Waals surface area contributed by atoms with Gasteiger partial charge in [-0.25, -0.2) is 9.59 Å². The minimum atomic E-state index is -1.05. The van der Waals surface area contributed by atoms with Gasteiger partial charge in [-0.3, -0.25) is 9.59 Å². The summed E-state index contributed by atoms with van der Waals surface area (Å²) in [5, 5.41) is 0. The largest absolute Gasteiger partial charge is 0.514 e. The molecule has 0 bridgehead atoms. The molecule has 2 N–H and O–H groups in total. The molecule has 0 saturated carbocycles. The van der Waals surface area contributed by atoms with Crippen molar-refractivity contribution in [1.82, 2.24) is 0 Å². The van der Waals surface area contributed by atoms with Crippen LogP contribution in [0.15, 0.2) is 18.2 Å². The van der Waals surface area contributed by atoms with Crippen molar-refractivity contribution in [2.45, 2.75) is 72.3 Å². The Labute approximate surface area is 192 Å². The number of esters is 2. The number of carbonyl (C=O) groups is 4. The lowest BCUT2D eigenvalue weighted by Crippen LogP contribution is -2.36. The molecule has 1 aromatic rings. The quantitative estimate of drug-likeness (QED) is 0.306. The van der Waals surface area contributed by atoms with Gasteiger partial charge in [0.15, 0.2) is 11.5 Å². The molecule has 33 heavy (non-hydrogen) atoms. The lowest BCUT2D eigenvalue weighted by molar-refractivity contribution is -0.157. The lowest BCUT2D eigenvalue weighted by Gasteiger charge is -2.16. The maximum Gasteiger partial charge on any atom is 0.514 e. The molecule has 0 spiro atoms. The molecule has 0 fully saturated rings. The zero-order chi connectivity index (χ0) is 25.1. The first-order valence-electron chi connectivity index (χ1n) is 10.4. The lowest BCUT2D eigenvalue weighted by atomic mass is 10.1. The summed E-state index contributed by atoms with van der Waals surface area (Å²) in [5.74, 6) is -1.41. The molecule has 0 radical (unpaired) electrons. The Morgan fingerprint density at radius 3 is 1.91 bits per heavy atom. The van der Waals surface area contributed by atoms with Crippen LogP contribution in [-0.2, 0) is 35.0 Å². The molecule has 1 aromatic carbocycles. The number of benzene rings is 1. The summed E-state index contributed by atoms with van der Waals surface area (Å²) in [6.45, 7) is 9.25. The Balaban J connectivity index is 2.92. The molecular weight excluding hydrogens is 438 g/mol. The molecule has 0 aliphatic carbocycles. The first-order chi connectivity index (χ1) is 15.4. The van der Waals surface area contributed by atoms with Gasteiger partial charge in [-0.05, 0) is 58.7 Å². The van der Waals surface area contributed by atoms with E-state index in [1.54, 1.807) is 34.6 Å². The molecule has 0 heterocycles. The van der Waals surface area contributed by atoms with Crippen molar-refractivity contribution in [2.75, 3.05) is 6.61 Å². The van der Waals surface area contributed by atoms with E-state index in [2.05, 4.69) is 0 Å². The second kappa shape index (κ2) is 13.3. The van der Waals surface area contributed by atoms with E-state index in [0.29, 0.717) is 5.56 Å². The van der Waals surface area contributed by atoms with Gasteiger partial charge in [0.25, 0.3) is 0 Å². The fraction of sp³-hybridized carbons (Fsp3) is 0.545. The Kier molecular flexibility index (Phi) is 11.1. The first-order valence-corrected chi connectivity index (χ1v) is 10.4. The number of rotatable bonds is 10. The Morgan fingerprint density at radius 2 is 1.39 bits per heavy atom. The molecule has 0 unspecified atom stereocenters. The monoisotopic (exact) mass is 469 g/mol. The zero-order valence-corrected chi connectivity index (χ0v) is 19.6. The maximum atomic E-state index is 12.2. The molecule has 0 aliphatic heterocycles. The highest BCUT2D eigenvalue weighted by molar-refractivity contribution is 5.76. The van der Waals surface area contributed by atoms with Gasteiger partial charge in [0.05, 0.1) is 12.2 Å². The minimum absolute atomic E-state index is 0.0209. The summed E-state index contributed by atoms with van der Waals surface area (Å²) in [6.07, 6.45) is -3.44. The smallest absolute Gasteiger partial charge is 0.461 e. The van der Waals surface area contributed by atoms with Crippen LogP contribution in [0.1, 0.15) is 47.1 Å².